The van der Waals surface area contributed by atoms with E-state index in [1.54, 1.807) is 6.07 Å². The lowest BCUT2D eigenvalue weighted by atomic mass is 10.1. The fraction of sp³-hybridized carbons (Fsp3) is 0.263. The highest BCUT2D eigenvalue weighted by Crippen LogP contribution is 2.19. The van der Waals surface area contributed by atoms with Gasteiger partial charge in [-0.2, -0.15) is 5.26 Å². The highest BCUT2D eigenvalue weighted by molar-refractivity contribution is 7.80. The summed E-state index contributed by atoms with van der Waals surface area (Å²) < 4.78 is 13.2. The van der Waals surface area contributed by atoms with E-state index in [9.17, 15) is 4.39 Å². The van der Waals surface area contributed by atoms with Crippen molar-refractivity contribution < 1.29 is 9.29 Å². The lowest BCUT2D eigenvalue weighted by Crippen LogP contribution is -3.13. The molecule has 0 amide bonds. The van der Waals surface area contributed by atoms with Crippen LogP contribution in [0.3, 0.4) is 0 Å². The normalized spacial score (nSPS) is 14.7. The van der Waals surface area contributed by atoms with Gasteiger partial charge in [0.05, 0.1) is 42.8 Å². The Morgan fingerprint density at radius 2 is 1.92 bits per heavy atom. The van der Waals surface area contributed by atoms with Crippen LogP contribution in [-0.4, -0.2) is 36.2 Å². The van der Waals surface area contributed by atoms with Crippen LogP contribution in [0, 0.1) is 17.1 Å². The van der Waals surface area contributed by atoms with Crippen LogP contribution in [0.15, 0.2) is 42.5 Å². The number of nitrogens with zero attached hydrogens (tertiary/aromatic N) is 2. The lowest BCUT2D eigenvalue weighted by Gasteiger charge is -2.34. The molecule has 1 aliphatic rings. The molecule has 2 N–H and O–H groups in total. The average molecular weight is 390 g/mol. The molecule has 2 aromatic carbocycles. The molecule has 2 aromatic rings. The number of hydrogen-bond acceptors (Lipinski definition) is 2. The maximum atomic E-state index is 13.2. The van der Waals surface area contributed by atoms with Crippen molar-refractivity contribution >= 4 is 34.6 Å². The number of quaternary nitrogens is 1. The average Bonchev–Trinajstić information content (AvgIpc) is 2.66. The fourth-order valence-corrected chi connectivity index (χ4v) is 3.45. The third kappa shape index (κ3) is 4.70. The standard InChI is InChI=1S/C19H18ClFN4S/c20-17-11-16(5-6-18(17)21)23-19(26)25-9-7-24(8-10-25)13-15-3-1-14(12-22)2-4-15/h1-6,11H,7-10,13H2,(H,23,26)/p+1. The fourth-order valence-electron chi connectivity index (χ4n) is 2.97. The van der Waals surface area contributed by atoms with Gasteiger partial charge in [0.1, 0.15) is 12.4 Å². The summed E-state index contributed by atoms with van der Waals surface area (Å²) in [5, 5.41) is 12.7. The summed E-state index contributed by atoms with van der Waals surface area (Å²) in [6, 6.07) is 14.4. The molecule has 1 heterocycles. The molecular formula is C19H19ClFN4S+. The Balaban J connectivity index is 1.50. The molecule has 0 saturated carbocycles. The van der Waals surface area contributed by atoms with Crippen molar-refractivity contribution in [3.05, 3.63) is 64.4 Å². The van der Waals surface area contributed by atoms with Gasteiger partial charge in [0.15, 0.2) is 5.11 Å². The maximum absolute atomic E-state index is 13.2. The van der Waals surface area contributed by atoms with Crippen molar-refractivity contribution in [1.82, 2.24) is 4.90 Å². The number of piperazine rings is 1. The minimum Gasteiger partial charge on any atom is -0.338 e. The predicted molar refractivity (Wildman–Crippen MR) is 105 cm³/mol. The summed E-state index contributed by atoms with van der Waals surface area (Å²) in [7, 11) is 0. The quantitative estimate of drug-likeness (QED) is 0.791. The number of halogens is 2. The molecule has 3 rings (SSSR count). The summed E-state index contributed by atoms with van der Waals surface area (Å²) in [4.78, 5) is 3.60. The van der Waals surface area contributed by atoms with Crippen LogP contribution in [0.5, 0.6) is 0 Å². The van der Waals surface area contributed by atoms with Gasteiger partial charge in [-0.15, -0.1) is 0 Å². The number of nitriles is 1. The molecule has 1 saturated heterocycles. The second kappa shape index (κ2) is 8.45. The smallest absolute Gasteiger partial charge is 0.173 e. The van der Waals surface area contributed by atoms with Crippen LogP contribution in [0.4, 0.5) is 10.1 Å². The second-order valence-corrected chi connectivity index (χ2v) is 7.08. The Labute approximate surface area is 162 Å². The number of benzene rings is 2. The van der Waals surface area contributed by atoms with Crippen molar-refractivity contribution in [2.75, 3.05) is 31.5 Å². The zero-order valence-electron chi connectivity index (χ0n) is 14.1. The highest BCUT2D eigenvalue weighted by atomic mass is 35.5. The first-order chi connectivity index (χ1) is 12.5. The maximum Gasteiger partial charge on any atom is 0.173 e. The van der Waals surface area contributed by atoms with Gasteiger partial charge in [0, 0.05) is 11.3 Å². The molecule has 26 heavy (non-hydrogen) atoms. The molecule has 0 aromatic heterocycles. The van der Waals surface area contributed by atoms with E-state index in [0.29, 0.717) is 16.4 Å². The van der Waals surface area contributed by atoms with Crippen LogP contribution >= 0.6 is 23.8 Å². The summed E-state index contributed by atoms with van der Waals surface area (Å²) >= 11 is 11.3. The van der Waals surface area contributed by atoms with Gasteiger partial charge in [-0.3, -0.25) is 0 Å². The molecule has 0 radical (unpaired) electrons. The predicted octanol–water partition coefficient (Wildman–Crippen LogP) is 2.45. The van der Waals surface area contributed by atoms with E-state index in [2.05, 4.69) is 16.3 Å². The third-order valence-electron chi connectivity index (χ3n) is 4.47. The molecule has 0 atom stereocenters. The minimum absolute atomic E-state index is 0.0782. The van der Waals surface area contributed by atoms with Gasteiger partial charge in [-0.05, 0) is 42.5 Å². The monoisotopic (exact) mass is 389 g/mol. The molecular weight excluding hydrogens is 371 g/mol. The van der Waals surface area contributed by atoms with Crippen LogP contribution in [-0.2, 0) is 6.54 Å². The van der Waals surface area contributed by atoms with Crippen LogP contribution in [0.25, 0.3) is 0 Å². The zero-order chi connectivity index (χ0) is 18.5. The van der Waals surface area contributed by atoms with E-state index in [4.69, 9.17) is 29.1 Å². The van der Waals surface area contributed by atoms with Gasteiger partial charge in [-0.25, -0.2) is 4.39 Å². The van der Waals surface area contributed by atoms with E-state index in [-0.39, 0.29) is 5.02 Å². The molecule has 1 aliphatic heterocycles. The molecule has 1 fully saturated rings. The molecule has 7 heteroatoms. The van der Waals surface area contributed by atoms with E-state index in [1.165, 1.54) is 22.6 Å². The molecule has 4 nitrogen and oxygen atoms in total. The van der Waals surface area contributed by atoms with Gasteiger partial charge in [-0.1, -0.05) is 23.7 Å². The Morgan fingerprint density at radius 3 is 2.54 bits per heavy atom. The first kappa shape index (κ1) is 18.6. The summed E-state index contributed by atoms with van der Waals surface area (Å²) in [6.07, 6.45) is 0. The van der Waals surface area contributed by atoms with Gasteiger partial charge >= 0.3 is 0 Å². The van der Waals surface area contributed by atoms with E-state index in [0.717, 1.165) is 32.7 Å². The molecule has 134 valence electrons. The molecule has 0 spiro atoms. The van der Waals surface area contributed by atoms with E-state index >= 15 is 0 Å². The largest absolute Gasteiger partial charge is 0.338 e. The third-order valence-corrected chi connectivity index (χ3v) is 5.12. The topological polar surface area (TPSA) is 43.5 Å². The van der Waals surface area contributed by atoms with E-state index in [1.807, 2.05) is 24.3 Å². The first-order valence-corrected chi connectivity index (χ1v) is 9.17. The number of rotatable bonds is 3. The van der Waals surface area contributed by atoms with Crippen molar-refractivity contribution in [1.29, 1.82) is 5.26 Å². The van der Waals surface area contributed by atoms with Crippen LogP contribution < -0.4 is 10.2 Å². The van der Waals surface area contributed by atoms with Gasteiger partial charge in [0.2, 0.25) is 0 Å². The van der Waals surface area contributed by atoms with Crippen molar-refractivity contribution in [2.45, 2.75) is 6.54 Å². The van der Waals surface area contributed by atoms with Gasteiger partial charge in [0.25, 0.3) is 0 Å². The Kier molecular flexibility index (Phi) is 6.04. The van der Waals surface area contributed by atoms with Crippen molar-refractivity contribution in [3.8, 4) is 6.07 Å². The summed E-state index contributed by atoms with van der Waals surface area (Å²) in [5.74, 6) is -0.442. The highest BCUT2D eigenvalue weighted by Gasteiger charge is 2.22. The number of anilines is 1. The Morgan fingerprint density at radius 1 is 1.23 bits per heavy atom. The molecule has 0 unspecified atom stereocenters. The Hall–Kier alpha value is -2.20. The summed E-state index contributed by atoms with van der Waals surface area (Å²) in [5.41, 5.74) is 2.61. The van der Waals surface area contributed by atoms with Gasteiger partial charge < -0.3 is 15.1 Å². The SMILES string of the molecule is N#Cc1ccc(C[NH+]2CCN(C(=S)Nc3ccc(F)c(Cl)c3)CC2)cc1. The lowest BCUT2D eigenvalue weighted by molar-refractivity contribution is -0.917. The molecule has 0 bridgehead atoms. The molecule has 0 aliphatic carbocycles. The zero-order valence-corrected chi connectivity index (χ0v) is 15.7. The number of hydrogen-bond donors (Lipinski definition) is 2. The summed E-state index contributed by atoms with van der Waals surface area (Å²) in [6.45, 7) is 4.60. The number of nitrogens with one attached hydrogen (secondary N) is 2. The minimum atomic E-state index is -0.442. The number of thiocarbonyl (C=S) groups is 1. The Bertz CT molecular complexity index is 826. The van der Waals surface area contributed by atoms with Crippen molar-refractivity contribution in [2.24, 2.45) is 0 Å². The first-order valence-electron chi connectivity index (χ1n) is 8.39. The van der Waals surface area contributed by atoms with Crippen LogP contribution in [0.2, 0.25) is 5.02 Å². The van der Waals surface area contributed by atoms with E-state index < -0.39 is 5.82 Å². The second-order valence-electron chi connectivity index (χ2n) is 6.28. The van der Waals surface area contributed by atoms with Crippen molar-refractivity contribution in [3.63, 3.8) is 0 Å². The van der Waals surface area contributed by atoms with Crippen LogP contribution in [0.1, 0.15) is 11.1 Å².